The maximum Gasteiger partial charge on any atom is 0.188 e. The Hall–Kier alpha value is -2.25. The zero-order valence-corrected chi connectivity index (χ0v) is 10.7. The Morgan fingerprint density at radius 3 is 3.05 bits per heavy atom. The second-order valence-corrected chi connectivity index (χ2v) is 4.99. The van der Waals surface area contributed by atoms with Crippen molar-refractivity contribution >= 4 is 39.0 Å². The van der Waals surface area contributed by atoms with E-state index in [1.54, 1.807) is 12.4 Å². The van der Waals surface area contributed by atoms with Gasteiger partial charge in [-0.1, -0.05) is 11.3 Å². The summed E-state index contributed by atoms with van der Waals surface area (Å²) in [6, 6.07) is 5.51. The normalized spacial score (nSPS) is 10.8. The second kappa shape index (κ2) is 4.79. The van der Waals surface area contributed by atoms with Crippen LogP contribution in [0.3, 0.4) is 0 Å². The van der Waals surface area contributed by atoms with Crippen molar-refractivity contribution in [1.82, 2.24) is 15.0 Å². The molecule has 3 aromatic rings. The van der Waals surface area contributed by atoms with Crippen molar-refractivity contribution in [2.24, 2.45) is 0 Å². The molecule has 96 valence electrons. The first kappa shape index (κ1) is 11.8. The number of nitrogens with two attached hydrogens (primary N) is 1. The smallest absolute Gasteiger partial charge is 0.188 e. The van der Waals surface area contributed by atoms with Gasteiger partial charge in [0, 0.05) is 23.8 Å². The van der Waals surface area contributed by atoms with Crippen LogP contribution in [-0.4, -0.2) is 20.1 Å². The summed E-state index contributed by atoms with van der Waals surface area (Å²) in [5, 5.41) is 13.5. The Labute approximate surface area is 113 Å². The molecule has 0 aliphatic heterocycles. The number of aliphatic hydroxyl groups excluding tert-OH is 1. The quantitative estimate of drug-likeness (QED) is 0.674. The lowest BCUT2D eigenvalue weighted by atomic mass is 10.2. The standard InChI is InChI=1S/C12H11N5OS/c13-11-8-2-1-3-14-9(8)4-10(16-11)17-12-15-5-7(6-18)19-12/h1-5,18H,6H2,(H3,13,15,16,17). The molecule has 7 heteroatoms. The lowest BCUT2D eigenvalue weighted by Crippen LogP contribution is -1.98. The largest absolute Gasteiger partial charge is 0.391 e. The SMILES string of the molecule is Nc1nc(Nc2ncc(CO)s2)cc2ncccc12. The Balaban J connectivity index is 1.96. The van der Waals surface area contributed by atoms with E-state index < -0.39 is 0 Å². The highest BCUT2D eigenvalue weighted by atomic mass is 32.1. The van der Waals surface area contributed by atoms with E-state index in [4.69, 9.17) is 10.8 Å². The Morgan fingerprint density at radius 2 is 2.26 bits per heavy atom. The molecular formula is C12H11N5OS. The van der Waals surface area contributed by atoms with Gasteiger partial charge in [-0.2, -0.15) is 0 Å². The highest BCUT2D eigenvalue weighted by Gasteiger charge is 2.06. The molecule has 0 unspecified atom stereocenters. The molecule has 0 amide bonds. The molecule has 6 nitrogen and oxygen atoms in total. The van der Waals surface area contributed by atoms with Crippen LogP contribution < -0.4 is 11.1 Å². The minimum Gasteiger partial charge on any atom is -0.391 e. The Bertz CT molecular complexity index is 727. The van der Waals surface area contributed by atoms with Crippen molar-refractivity contribution in [2.45, 2.75) is 6.61 Å². The molecule has 0 saturated heterocycles. The third kappa shape index (κ3) is 2.33. The number of fused-ring (bicyclic) bond motifs is 1. The van der Waals surface area contributed by atoms with Crippen LogP contribution >= 0.6 is 11.3 Å². The molecule has 3 rings (SSSR count). The van der Waals surface area contributed by atoms with Crippen LogP contribution in [-0.2, 0) is 6.61 Å². The van der Waals surface area contributed by atoms with Crippen LogP contribution in [0.15, 0.2) is 30.6 Å². The van der Waals surface area contributed by atoms with E-state index in [-0.39, 0.29) is 6.61 Å². The Kier molecular flexibility index (Phi) is 2.98. The number of aliphatic hydroxyl groups is 1. The third-order valence-electron chi connectivity index (χ3n) is 2.57. The maximum absolute atomic E-state index is 9.00. The summed E-state index contributed by atoms with van der Waals surface area (Å²) in [4.78, 5) is 13.4. The van der Waals surface area contributed by atoms with Crippen LogP contribution in [0.2, 0.25) is 0 Å². The molecule has 19 heavy (non-hydrogen) atoms. The van der Waals surface area contributed by atoms with Gasteiger partial charge in [-0.05, 0) is 12.1 Å². The van der Waals surface area contributed by atoms with E-state index >= 15 is 0 Å². The van der Waals surface area contributed by atoms with Gasteiger partial charge in [0.25, 0.3) is 0 Å². The van der Waals surface area contributed by atoms with Crippen LogP contribution in [0.25, 0.3) is 10.9 Å². The molecule has 0 aliphatic carbocycles. The van der Waals surface area contributed by atoms with E-state index in [2.05, 4.69) is 20.3 Å². The van der Waals surface area contributed by atoms with Gasteiger partial charge in [0.2, 0.25) is 0 Å². The first-order valence-corrected chi connectivity index (χ1v) is 6.42. The fourth-order valence-electron chi connectivity index (χ4n) is 1.71. The van der Waals surface area contributed by atoms with E-state index in [9.17, 15) is 0 Å². The maximum atomic E-state index is 9.00. The van der Waals surface area contributed by atoms with Gasteiger partial charge >= 0.3 is 0 Å². The number of aromatic nitrogens is 3. The zero-order chi connectivity index (χ0) is 13.2. The van der Waals surface area contributed by atoms with Crippen LogP contribution in [0.5, 0.6) is 0 Å². The van der Waals surface area contributed by atoms with Gasteiger partial charge in [-0.15, -0.1) is 0 Å². The Morgan fingerprint density at radius 1 is 1.37 bits per heavy atom. The molecule has 0 atom stereocenters. The van der Waals surface area contributed by atoms with Gasteiger partial charge in [0.15, 0.2) is 5.13 Å². The fraction of sp³-hybridized carbons (Fsp3) is 0.0833. The molecule has 3 aromatic heterocycles. The monoisotopic (exact) mass is 273 g/mol. The molecule has 3 heterocycles. The molecular weight excluding hydrogens is 262 g/mol. The summed E-state index contributed by atoms with van der Waals surface area (Å²) in [6.45, 7) is -0.0197. The van der Waals surface area contributed by atoms with Crippen molar-refractivity contribution in [1.29, 1.82) is 0 Å². The molecule has 4 N–H and O–H groups in total. The van der Waals surface area contributed by atoms with Gasteiger partial charge in [0.05, 0.1) is 17.0 Å². The molecule has 0 radical (unpaired) electrons. The number of anilines is 3. The summed E-state index contributed by atoms with van der Waals surface area (Å²) in [6.07, 6.45) is 3.33. The van der Waals surface area contributed by atoms with Crippen molar-refractivity contribution in [3.8, 4) is 0 Å². The lowest BCUT2D eigenvalue weighted by molar-refractivity contribution is 0.285. The number of hydrogen-bond donors (Lipinski definition) is 3. The summed E-state index contributed by atoms with van der Waals surface area (Å²) in [5.41, 5.74) is 6.67. The van der Waals surface area contributed by atoms with E-state index in [1.165, 1.54) is 11.3 Å². The van der Waals surface area contributed by atoms with Crippen molar-refractivity contribution < 1.29 is 5.11 Å². The van der Waals surface area contributed by atoms with Crippen LogP contribution in [0.4, 0.5) is 16.8 Å². The number of rotatable bonds is 3. The summed E-state index contributed by atoms with van der Waals surface area (Å²) in [7, 11) is 0. The average molecular weight is 273 g/mol. The number of nitrogen functional groups attached to an aromatic ring is 1. The van der Waals surface area contributed by atoms with E-state index in [0.717, 1.165) is 15.8 Å². The van der Waals surface area contributed by atoms with E-state index in [1.807, 2.05) is 18.2 Å². The summed E-state index contributed by atoms with van der Waals surface area (Å²) >= 11 is 1.37. The first-order valence-electron chi connectivity index (χ1n) is 5.60. The average Bonchev–Trinajstić information content (AvgIpc) is 2.86. The minimum absolute atomic E-state index is 0.0197. The summed E-state index contributed by atoms with van der Waals surface area (Å²) in [5.74, 6) is 1.01. The molecule has 0 fully saturated rings. The number of pyridine rings is 2. The van der Waals surface area contributed by atoms with E-state index in [0.29, 0.717) is 16.8 Å². The number of thiazole rings is 1. The lowest BCUT2D eigenvalue weighted by Gasteiger charge is -2.05. The molecule has 0 bridgehead atoms. The van der Waals surface area contributed by atoms with Crippen molar-refractivity contribution in [3.63, 3.8) is 0 Å². The second-order valence-electron chi connectivity index (χ2n) is 3.88. The number of nitrogens with zero attached hydrogens (tertiary/aromatic N) is 3. The highest BCUT2D eigenvalue weighted by Crippen LogP contribution is 2.25. The predicted molar refractivity (Wildman–Crippen MR) is 75.3 cm³/mol. The van der Waals surface area contributed by atoms with Gasteiger partial charge in [0.1, 0.15) is 11.6 Å². The fourth-order valence-corrected chi connectivity index (χ4v) is 2.39. The molecule has 0 spiro atoms. The number of nitrogens with one attached hydrogen (secondary N) is 1. The predicted octanol–water partition coefficient (Wildman–Crippen LogP) is 1.90. The molecule has 0 saturated carbocycles. The molecule has 0 aliphatic rings. The van der Waals surface area contributed by atoms with Crippen LogP contribution in [0, 0.1) is 0 Å². The summed E-state index contributed by atoms with van der Waals surface area (Å²) < 4.78 is 0. The van der Waals surface area contributed by atoms with Gasteiger partial charge in [-0.3, -0.25) is 4.98 Å². The van der Waals surface area contributed by atoms with Gasteiger partial charge < -0.3 is 16.2 Å². The minimum atomic E-state index is -0.0197. The number of hydrogen-bond acceptors (Lipinski definition) is 7. The zero-order valence-electron chi connectivity index (χ0n) is 9.87. The first-order chi connectivity index (χ1) is 9.26. The molecule has 0 aromatic carbocycles. The third-order valence-corrected chi connectivity index (χ3v) is 3.47. The van der Waals surface area contributed by atoms with Gasteiger partial charge in [-0.25, -0.2) is 9.97 Å². The highest BCUT2D eigenvalue weighted by molar-refractivity contribution is 7.15. The topological polar surface area (TPSA) is 97.0 Å². The van der Waals surface area contributed by atoms with Crippen molar-refractivity contribution in [3.05, 3.63) is 35.5 Å². The van der Waals surface area contributed by atoms with Crippen molar-refractivity contribution in [2.75, 3.05) is 11.1 Å². The van der Waals surface area contributed by atoms with Crippen LogP contribution in [0.1, 0.15) is 4.88 Å².